The minimum Gasteiger partial charge on any atom is -0.492 e. The van der Waals surface area contributed by atoms with Gasteiger partial charge in [-0.3, -0.25) is 0 Å². The van der Waals surface area contributed by atoms with Crippen LogP contribution in [0.5, 0.6) is 5.75 Å². The van der Waals surface area contributed by atoms with Crippen LogP contribution in [0.25, 0.3) is 0 Å². The lowest BCUT2D eigenvalue weighted by atomic mass is 10.1. The van der Waals surface area contributed by atoms with Crippen molar-refractivity contribution >= 4 is 15.7 Å². The molecule has 1 aliphatic rings. The molecule has 2 aromatic rings. The average molecular weight is 403 g/mol. The number of benzene rings is 2. The van der Waals surface area contributed by atoms with Crippen molar-refractivity contribution in [1.29, 1.82) is 0 Å². The molecule has 0 atom stereocenters. The molecule has 5 nitrogen and oxygen atoms in total. The van der Waals surface area contributed by atoms with Gasteiger partial charge in [0.25, 0.3) is 0 Å². The van der Waals surface area contributed by atoms with E-state index < -0.39 is 10.0 Å². The number of nitrogens with zero attached hydrogens (tertiary/aromatic N) is 1. The summed E-state index contributed by atoms with van der Waals surface area (Å²) in [5.41, 5.74) is 3.40. The van der Waals surface area contributed by atoms with Crippen LogP contribution in [0.4, 0.5) is 5.69 Å². The smallest absolute Gasteiger partial charge is 0.244 e. The molecule has 1 N–H and O–H groups in total. The molecule has 28 heavy (non-hydrogen) atoms. The highest BCUT2D eigenvalue weighted by Crippen LogP contribution is 2.25. The standard InChI is InChI=1S/C22H30N2O3S/c1-3-27-21-13-8-18(2)17-22(21)28(25,26)23-14-6-7-19-9-11-20(12-10-19)24-15-4-5-16-24/h8-13,17,23H,3-7,14-16H2,1-2H3. The van der Waals surface area contributed by atoms with Crippen molar-refractivity contribution in [3.05, 3.63) is 53.6 Å². The number of anilines is 1. The van der Waals surface area contributed by atoms with Crippen molar-refractivity contribution in [2.75, 3.05) is 31.1 Å². The van der Waals surface area contributed by atoms with Gasteiger partial charge < -0.3 is 9.64 Å². The molecule has 0 unspecified atom stereocenters. The topological polar surface area (TPSA) is 58.6 Å². The molecule has 0 amide bonds. The van der Waals surface area contributed by atoms with Gasteiger partial charge >= 0.3 is 0 Å². The van der Waals surface area contributed by atoms with Crippen LogP contribution in [0.2, 0.25) is 0 Å². The molecule has 0 radical (unpaired) electrons. The van der Waals surface area contributed by atoms with Gasteiger partial charge in [-0.1, -0.05) is 18.2 Å². The maximum absolute atomic E-state index is 12.7. The Morgan fingerprint density at radius 2 is 1.79 bits per heavy atom. The van der Waals surface area contributed by atoms with Gasteiger partial charge in [-0.15, -0.1) is 0 Å². The van der Waals surface area contributed by atoms with Crippen LogP contribution >= 0.6 is 0 Å². The minimum absolute atomic E-state index is 0.212. The second kappa shape index (κ2) is 9.43. The third-order valence-electron chi connectivity index (χ3n) is 5.03. The number of hydrogen-bond acceptors (Lipinski definition) is 4. The number of hydrogen-bond donors (Lipinski definition) is 1. The Labute approximate surface area is 168 Å². The summed E-state index contributed by atoms with van der Waals surface area (Å²) in [5, 5.41) is 0. The maximum Gasteiger partial charge on any atom is 0.244 e. The SMILES string of the molecule is CCOc1ccc(C)cc1S(=O)(=O)NCCCc1ccc(N2CCCC2)cc1. The summed E-state index contributed by atoms with van der Waals surface area (Å²) < 4.78 is 33.6. The van der Waals surface area contributed by atoms with E-state index in [0.717, 1.165) is 31.5 Å². The van der Waals surface area contributed by atoms with E-state index in [0.29, 0.717) is 18.9 Å². The van der Waals surface area contributed by atoms with E-state index in [4.69, 9.17) is 4.74 Å². The van der Waals surface area contributed by atoms with Crippen molar-refractivity contribution in [2.24, 2.45) is 0 Å². The molecule has 152 valence electrons. The Balaban J connectivity index is 1.53. The quantitative estimate of drug-likeness (QED) is 0.646. The molecular weight excluding hydrogens is 372 g/mol. The van der Waals surface area contributed by atoms with Gasteiger partial charge in [0.1, 0.15) is 10.6 Å². The Bertz CT molecular complexity index is 873. The zero-order valence-corrected chi connectivity index (χ0v) is 17.6. The number of aryl methyl sites for hydroxylation is 2. The van der Waals surface area contributed by atoms with Crippen molar-refractivity contribution in [2.45, 2.75) is 44.4 Å². The Hall–Kier alpha value is -2.05. The van der Waals surface area contributed by atoms with Gasteiger partial charge in [-0.2, -0.15) is 0 Å². The first kappa shape index (κ1) is 20.7. The maximum atomic E-state index is 12.7. The van der Waals surface area contributed by atoms with Gasteiger partial charge in [-0.25, -0.2) is 13.1 Å². The third-order valence-corrected chi connectivity index (χ3v) is 6.51. The van der Waals surface area contributed by atoms with E-state index in [-0.39, 0.29) is 4.90 Å². The molecule has 1 aliphatic heterocycles. The molecule has 0 bridgehead atoms. The highest BCUT2D eigenvalue weighted by Gasteiger charge is 2.19. The van der Waals surface area contributed by atoms with Crippen molar-refractivity contribution in [1.82, 2.24) is 4.72 Å². The lowest BCUT2D eigenvalue weighted by Gasteiger charge is -2.17. The predicted octanol–water partition coefficient (Wildman–Crippen LogP) is 3.91. The van der Waals surface area contributed by atoms with Crippen LogP contribution in [0.1, 0.15) is 37.3 Å². The van der Waals surface area contributed by atoms with Crippen molar-refractivity contribution in [3.63, 3.8) is 0 Å². The van der Waals surface area contributed by atoms with E-state index >= 15 is 0 Å². The van der Waals surface area contributed by atoms with Crippen LogP contribution in [0, 0.1) is 6.92 Å². The lowest BCUT2D eigenvalue weighted by molar-refractivity contribution is 0.331. The lowest BCUT2D eigenvalue weighted by Crippen LogP contribution is -2.25. The summed E-state index contributed by atoms with van der Waals surface area (Å²) in [6.07, 6.45) is 4.13. The zero-order chi connectivity index (χ0) is 20.0. The molecular formula is C22H30N2O3S. The Morgan fingerprint density at radius 1 is 1.07 bits per heavy atom. The predicted molar refractivity (Wildman–Crippen MR) is 114 cm³/mol. The van der Waals surface area contributed by atoms with Gasteiger partial charge in [0.05, 0.1) is 6.61 Å². The van der Waals surface area contributed by atoms with Gasteiger partial charge in [0, 0.05) is 25.3 Å². The largest absolute Gasteiger partial charge is 0.492 e. The molecule has 1 fully saturated rings. The number of nitrogens with one attached hydrogen (secondary N) is 1. The average Bonchev–Trinajstić information content (AvgIpc) is 3.22. The van der Waals surface area contributed by atoms with E-state index in [2.05, 4.69) is 33.9 Å². The molecule has 0 aliphatic carbocycles. The van der Waals surface area contributed by atoms with Gasteiger partial charge in [0.15, 0.2) is 0 Å². The monoisotopic (exact) mass is 402 g/mol. The fourth-order valence-electron chi connectivity index (χ4n) is 3.53. The van der Waals surface area contributed by atoms with Gasteiger partial charge in [-0.05, 0) is 74.9 Å². The Kier molecular flexibility index (Phi) is 6.97. The van der Waals surface area contributed by atoms with E-state index in [9.17, 15) is 8.42 Å². The second-order valence-electron chi connectivity index (χ2n) is 7.25. The normalized spacial score (nSPS) is 14.4. The van der Waals surface area contributed by atoms with E-state index in [1.807, 2.05) is 19.9 Å². The molecule has 3 rings (SSSR count). The van der Waals surface area contributed by atoms with Gasteiger partial charge in [0.2, 0.25) is 10.0 Å². The van der Waals surface area contributed by atoms with Crippen molar-refractivity contribution < 1.29 is 13.2 Å². The molecule has 2 aromatic carbocycles. The first-order valence-electron chi connectivity index (χ1n) is 10.1. The van der Waals surface area contributed by atoms with Crippen LogP contribution in [0.3, 0.4) is 0 Å². The molecule has 0 spiro atoms. The molecule has 6 heteroatoms. The highest BCUT2D eigenvalue weighted by molar-refractivity contribution is 7.89. The number of ether oxygens (including phenoxy) is 1. The minimum atomic E-state index is -3.59. The fourth-order valence-corrected chi connectivity index (χ4v) is 4.83. The fraction of sp³-hybridized carbons (Fsp3) is 0.455. The van der Waals surface area contributed by atoms with E-state index in [1.165, 1.54) is 24.1 Å². The zero-order valence-electron chi connectivity index (χ0n) is 16.8. The summed E-state index contributed by atoms with van der Waals surface area (Å²) in [5.74, 6) is 0.401. The second-order valence-corrected chi connectivity index (χ2v) is 8.98. The molecule has 1 saturated heterocycles. The van der Waals surface area contributed by atoms with Crippen LogP contribution in [-0.4, -0.2) is 34.7 Å². The molecule has 0 aromatic heterocycles. The first-order chi connectivity index (χ1) is 13.5. The molecule has 1 heterocycles. The third kappa shape index (κ3) is 5.26. The van der Waals surface area contributed by atoms with E-state index in [1.54, 1.807) is 12.1 Å². The summed E-state index contributed by atoms with van der Waals surface area (Å²) >= 11 is 0. The molecule has 0 saturated carbocycles. The number of rotatable bonds is 9. The van der Waals surface area contributed by atoms with Crippen molar-refractivity contribution in [3.8, 4) is 5.75 Å². The van der Waals surface area contributed by atoms with Crippen LogP contribution < -0.4 is 14.4 Å². The summed E-state index contributed by atoms with van der Waals surface area (Å²) in [6.45, 7) is 6.83. The number of sulfonamides is 1. The Morgan fingerprint density at radius 3 is 2.46 bits per heavy atom. The summed E-state index contributed by atoms with van der Waals surface area (Å²) in [4.78, 5) is 2.62. The first-order valence-corrected chi connectivity index (χ1v) is 11.5. The van der Waals surface area contributed by atoms with Crippen LogP contribution in [-0.2, 0) is 16.4 Å². The van der Waals surface area contributed by atoms with Crippen LogP contribution in [0.15, 0.2) is 47.4 Å². The summed E-state index contributed by atoms with van der Waals surface area (Å²) in [7, 11) is -3.59. The highest BCUT2D eigenvalue weighted by atomic mass is 32.2. The summed E-state index contributed by atoms with van der Waals surface area (Å²) in [6, 6.07) is 13.9.